The largest absolute Gasteiger partial charge is 0.337 e. The van der Waals surface area contributed by atoms with Crippen LogP contribution in [0.15, 0.2) is 24.3 Å². The highest BCUT2D eigenvalue weighted by atomic mass is 35.5. The van der Waals surface area contributed by atoms with Crippen LogP contribution in [0.4, 0.5) is 4.79 Å². The first-order chi connectivity index (χ1) is 8.03. The quantitative estimate of drug-likeness (QED) is 0.881. The van der Waals surface area contributed by atoms with Crippen LogP contribution in [-0.2, 0) is 5.41 Å². The molecule has 1 aromatic rings. The number of hydrogen-bond donors (Lipinski definition) is 1. The van der Waals surface area contributed by atoms with E-state index in [2.05, 4.69) is 11.4 Å². The number of rotatable bonds is 3. The topological polar surface area (TPSA) is 32.3 Å². The molecule has 3 nitrogen and oxygen atoms in total. The van der Waals surface area contributed by atoms with Gasteiger partial charge in [-0.1, -0.05) is 23.7 Å². The van der Waals surface area contributed by atoms with Crippen molar-refractivity contribution in [1.29, 1.82) is 0 Å². The molecule has 1 aliphatic rings. The molecule has 2 amide bonds. The Kier molecular flexibility index (Phi) is 3.29. The summed E-state index contributed by atoms with van der Waals surface area (Å²) in [4.78, 5) is 13.1. The highest BCUT2D eigenvalue weighted by molar-refractivity contribution is 6.30. The van der Waals surface area contributed by atoms with Crippen molar-refractivity contribution in [3.8, 4) is 0 Å². The molecule has 0 unspecified atom stereocenters. The average Bonchev–Trinajstić information content (AvgIpc) is 3.07. The van der Waals surface area contributed by atoms with Crippen molar-refractivity contribution in [2.24, 2.45) is 0 Å². The molecule has 0 heterocycles. The van der Waals surface area contributed by atoms with Crippen molar-refractivity contribution in [3.05, 3.63) is 34.9 Å². The van der Waals surface area contributed by atoms with E-state index in [0.717, 1.165) is 17.9 Å². The van der Waals surface area contributed by atoms with Crippen molar-refractivity contribution in [2.75, 3.05) is 20.6 Å². The predicted molar refractivity (Wildman–Crippen MR) is 69.4 cm³/mol. The van der Waals surface area contributed by atoms with E-state index in [1.54, 1.807) is 19.0 Å². The number of carbonyl (C=O) groups is 1. The molecular formula is C13H17ClN2O. The number of benzene rings is 1. The Labute approximate surface area is 107 Å². The molecule has 0 atom stereocenters. The zero-order valence-corrected chi connectivity index (χ0v) is 10.9. The summed E-state index contributed by atoms with van der Waals surface area (Å²) in [7, 11) is 3.49. The zero-order valence-electron chi connectivity index (χ0n) is 10.2. The average molecular weight is 253 g/mol. The molecule has 2 rings (SSSR count). The van der Waals surface area contributed by atoms with Gasteiger partial charge in [0, 0.05) is 31.1 Å². The smallest absolute Gasteiger partial charge is 0.316 e. The predicted octanol–water partition coefficient (Wildman–Crippen LogP) is 2.64. The summed E-state index contributed by atoms with van der Waals surface area (Å²) in [5.41, 5.74) is 1.33. The van der Waals surface area contributed by atoms with Crippen LogP contribution in [0.1, 0.15) is 18.4 Å². The molecule has 17 heavy (non-hydrogen) atoms. The standard InChI is InChI=1S/C13H17ClN2O/c1-16(2)12(17)15-9-13(6-7-13)10-4-3-5-11(14)8-10/h3-5,8H,6-7,9H2,1-2H3,(H,15,17). The summed E-state index contributed by atoms with van der Waals surface area (Å²) >= 11 is 6.00. The lowest BCUT2D eigenvalue weighted by atomic mass is 9.96. The maximum atomic E-state index is 11.5. The van der Waals surface area contributed by atoms with Crippen LogP contribution in [0.5, 0.6) is 0 Å². The van der Waals surface area contributed by atoms with Crippen molar-refractivity contribution in [1.82, 2.24) is 10.2 Å². The molecule has 1 fully saturated rings. The minimum atomic E-state index is -0.0432. The fourth-order valence-corrected chi connectivity index (χ4v) is 2.13. The van der Waals surface area contributed by atoms with E-state index in [9.17, 15) is 4.79 Å². The van der Waals surface area contributed by atoms with E-state index in [1.807, 2.05) is 18.2 Å². The van der Waals surface area contributed by atoms with E-state index in [4.69, 9.17) is 11.6 Å². The van der Waals surface area contributed by atoms with Gasteiger partial charge in [0.15, 0.2) is 0 Å². The molecule has 0 aliphatic heterocycles. The van der Waals surface area contributed by atoms with E-state index in [1.165, 1.54) is 5.56 Å². The van der Waals surface area contributed by atoms with Gasteiger partial charge in [-0.3, -0.25) is 0 Å². The minimum absolute atomic E-state index is 0.0432. The Morgan fingerprint density at radius 1 is 1.47 bits per heavy atom. The number of halogens is 1. The molecule has 1 aliphatic carbocycles. The molecule has 0 bridgehead atoms. The second kappa shape index (κ2) is 4.57. The first-order valence-corrected chi connectivity index (χ1v) is 6.12. The third-order valence-electron chi connectivity index (χ3n) is 3.27. The Hall–Kier alpha value is -1.22. The van der Waals surface area contributed by atoms with Crippen molar-refractivity contribution in [2.45, 2.75) is 18.3 Å². The van der Waals surface area contributed by atoms with Gasteiger partial charge in [-0.05, 0) is 30.5 Å². The van der Waals surface area contributed by atoms with Crippen molar-refractivity contribution >= 4 is 17.6 Å². The van der Waals surface area contributed by atoms with Crippen molar-refractivity contribution in [3.63, 3.8) is 0 Å². The number of urea groups is 1. The molecule has 92 valence electrons. The Morgan fingerprint density at radius 2 is 2.18 bits per heavy atom. The van der Waals surface area contributed by atoms with Gasteiger partial charge in [0.2, 0.25) is 0 Å². The van der Waals surface area contributed by atoms with Crippen LogP contribution >= 0.6 is 11.6 Å². The molecule has 0 spiro atoms. The number of nitrogens with one attached hydrogen (secondary N) is 1. The highest BCUT2D eigenvalue weighted by Gasteiger charge is 2.44. The van der Waals surface area contributed by atoms with Crippen LogP contribution < -0.4 is 5.32 Å². The van der Waals surface area contributed by atoms with E-state index in [0.29, 0.717) is 6.54 Å². The van der Waals surface area contributed by atoms with Gasteiger partial charge in [-0.25, -0.2) is 4.79 Å². The summed E-state index contributed by atoms with van der Waals surface area (Å²) in [5.74, 6) is 0. The maximum absolute atomic E-state index is 11.5. The van der Waals surface area contributed by atoms with Crippen LogP contribution in [0.3, 0.4) is 0 Å². The monoisotopic (exact) mass is 252 g/mol. The van der Waals surface area contributed by atoms with Gasteiger partial charge in [-0.15, -0.1) is 0 Å². The van der Waals surface area contributed by atoms with Gasteiger partial charge in [0.05, 0.1) is 0 Å². The first-order valence-electron chi connectivity index (χ1n) is 5.75. The lowest BCUT2D eigenvalue weighted by Crippen LogP contribution is -2.39. The maximum Gasteiger partial charge on any atom is 0.316 e. The number of hydrogen-bond acceptors (Lipinski definition) is 1. The van der Waals surface area contributed by atoms with Gasteiger partial charge in [0.1, 0.15) is 0 Å². The molecule has 1 aromatic carbocycles. The highest BCUT2D eigenvalue weighted by Crippen LogP contribution is 2.48. The van der Waals surface area contributed by atoms with Gasteiger partial charge >= 0.3 is 6.03 Å². The number of amides is 2. The zero-order chi connectivity index (χ0) is 12.5. The SMILES string of the molecule is CN(C)C(=O)NCC1(c2cccc(Cl)c2)CC1. The van der Waals surface area contributed by atoms with Gasteiger partial charge in [-0.2, -0.15) is 0 Å². The van der Waals surface area contributed by atoms with Crippen LogP contribution in [0.25, 0.3) is 0 Å². The van der Waals surface area contributed by atoms with Gasteiger partial charge < -0.3 is 10.2 Å². The minimum Gasteiger partial charge on any atom is -0.337 e. The second-order valence-corrected chi connectivity index (χ2v) is 5.28. The van der Waals surface area contributed by atoms with E-state index >= 15 is 0 Å². The Balaban J connectivity index is 2.03. The second-order valence-electron chi connectivity index (χ2n) is 4.84. The lowest BCUT2D eigenvalue weighted by molar-refractivity contribution is 0.216. The van der Waals surface area contributed by atoms with Crippen molar-refractivity contribution < 1.29 is 4.79 Å². The van der Waals surface area contributed by atoms with E-state index in [-0.39, 0.29) is 11.4 Å². The summed E-state index contributed by atoms with van der Waals surface area (Å²) in [5, 5.41) is 3.70. The van der Waals surface area contributed by atoms with Crippen LogP contribution in [-0.4, -0.2) is 31.6 Å². The summed E-state index contributed by atoms with van der Waals surface area (Å²) in [6.45, 7) is 0.685. The van der Waals surface area contributed by atoms with Crippen LogP contribution in [0, 0.1) is 0 Å². The first kappa shape index (κ1) is 12.2. The summed E-state index contributed by atoms with van der Waals surface area (Å²) in [6, 6.07) is 7.88. The molecule has 4 heteroatoms. The van der Waals surface area contributed by atoms with E-state index < -0.39 is 0 Å². The van der Waals surface area contributed by atoms with Gasteiger partial charge in [0.25, 0.3) is 0 Å². The normalized spacial score (nSPS) is 16.4. The molecule has 0 radical (unpaired) electrons. The lowest BCUT2D eigenvalue weighted by Gasteiger charge is -2.19. The fourth-order valence-electron chi connectivity index (χ4n) is 1.94. The Bertz CT molecular complexity index is 427. The third-order valence-corrected chi connectivity index (χ3v) is 3.51. The summed E-state index contributed by atoms with van der Waals surface area (Å²) in [6.07, 6.45) is 2.22. The molecule has 0 aromatic heterocycles. The number of carbonyl (C=O) groups excluding carboxylic acids is 1. The molecule has 1 N–H and O–H groups in total. The third kappa shape index (κ3) is 2.72. The molecule has 1 saturated carbocycles. The number of nitrogens with zero attached hydrogens (tertiary/aromatic N) is 1. The fraction of sp³-hybridized carbons (Fsp3) is 0.462. The summed E-state index contributed by atoms with van der Waals surface area (Å²) < 4.78 is 0. The van der Waals surface area contributed by atoms with Crippen LogP contribution in [0.2, 0.25) is 5.02 Å². The Morgan fingerprint density at radius 3 is 2.71 bits per heavy atom. The molecular weight excluding hydrogens is 236 g/mol. The molecule has 0 saturated heterocycles.